The lowest BCUT2D eigenvalue weighted by molar-refractivity contribution is 0.310. The molecule has 6 heteroatoms. The van der Waals surface area contributed by atoms with E-state index in [4.69, 9.17) is 27.9 Å². The van der Waals surface area contributed by atoms with E-state index in [0.717, 1.165) is 6.42 Å². The van der Waals surface area contributed by atoms with Gasteiger partial charge in [0.1, 0.15) is 5.02 Å². The van der Waals surface area contributed by atoms with E-state index < -0.39 is 0 Å². The summed E-state index contributed by atoms with van der Waals surface area (Å²) < 4.78 is 5.43. The molecule has 2 heterocycles. The van der Waals surface area contributed by atoms with Crippen molar-refractivity contribution in [1.29, 1.82) is 0 Å². The first-order valence-electron chi connectivity index (χ1n) is 4.59. The highest BCUT2D eigenvalue weighted by Crippen LogP contribution is 2.22. The summed E-state index contributed by atoms with van der Waals surface area (Å²) in [5.41, 5.74) is 0. The van der Waals surface area contributed by atoms with Crippen molar-refractivity contribution in [3.05, 3.63) is 38.9 Å². The zero-order chi connectivity index (χ0) is 11.4. The van der Waals surface area contributed by atoms with E-state index in [2.05, 4.69) is 16.0 Å². The van der Waals surface area contributed by atoms with E-state index >= 15 is 0 Å². The van der Waals surface area contributed by atoms with Gasteiger partial charge in [-0.25, -0.2) is 4.98 Å². The van der Waals surface area contributed by atoms with Crippen LogP contribution in [-0.4, -0.2) is 16.6 Å². The van der Waals surface area contributed by atoms with Crippen molar-refractivity contribution in [3.63, 3.8) is 0 Å². The zero-order valence-electron chi connectivity index (χ0n) is 8.19. The number of nitrogens with zero attached hydrogens (tertiary/aromatic N) is 2. The quantitative estimate of drug-likeness (QED) is 0.801. The summed E-state index contributed by atoms with van der Waals surface area (Å²) in [5.74, 6) is 0.332. The number of rotatable bonds is 4. The van der Waals surface area contributed by atoms with Crippen LogP contribution in [0.25, 0.3) is 0 Å². The number of halogens is 2. The fraction of sp³-hybridized carbons (Fsp3) is 0.200. The highest BCUT2D eigenvalue weighted by atomic mass is 35.5. The molecule has 0 N–H and O–H groups in total. The largest absolute Gasteiger partial charge is 0.476 e. The van der Waals surface area contributed by atoms with Gasteiger partial charge in [0.05, 0.1) is 12.8 Å². The Morgan fingerprint density at radius 2 is 2.25 bits per heavy atom. The van der Waals surface area contributed by atoms with Crippen LogP contribution in [0.2, 0.25) is 10.3 Å². The lowest BCUT2D eigenvalue weighted by Crippen LogP contribution is -2.02. The molecule has 0 aromatic carbocycles. The predicted molar refractivity (Wildman–Crippen MR) is 65.6 cm³/mol. The number of hydrogen-bond acceptors (Lipinski definition) is 4. The fourth-order valence-electron chi connectivity index (χ4n) is 1.14. The minimum absolute atomic E-state index is 0.135. The summed E-state index contributed by atoms with van der Waals surface area (Å²) in [6.45, 7) is 0.521. The minimum atomic E-state index is 0.135. The smallest absolute Gasteiger partial charge is 0.237 e. The molecule has 2 aromatic heterocycles. The second kappa shape index (κ2) is 5.48. The van der Waals surface area contributed by atoms with Gasteiger partial charge in [0, 0.05) is 11.3 Å². The third-order valence-corrected chi connectivity index (χ3v) is 3.23. The van der Waals surface area contributed by atoms with Crippen LogP contribution in [0.4, 0.5) is 0 Å². The first-order chi connectivity index (χ1) is 7.75. The van der Waals surface area contributed by atoms with E-state index in [1.54, 1.807) is 11.3 Å². The zero-order valence-corrected chi connectivity index (χ0v) is 10.5. The Bertz CT molecular complexity index is 462. The van der Waals surface area contributed by atoms with E-state index in [0.29, 0.717) is 17.5 Å². The van der Waals surface area contributed by atoms with Gasteiger partial charge in [-0.1, -0.05) is 17.7 Å². The Morgan fingerprint density at radius 1 is 1.38 bits per heavy atom. The maximum absolute atomic E-state index is 5.85. The number of aromatic nitrogens is 2. The summed E-state index contributed by atoms with van der Waals surface area (Å²) in [6, 6.07) is 4.07. The van der Waals surface area contributed by atoms with E-state index in [9.17, 15) is 0 Å². The molecule has 0 aliphatic carbocycles. The van der Waals surface area contributed by atoms with Crippen LogP contribution in [0.3, 0.4) is 0 Å². The Hall–Kier alpha value is -0.840. The molecular formula is C10H8Cl2N2OS. The number of ether oxygens (including phenoxy) is 1. The van der Waals surface area contributed by atoms with Crippen molar-refractivity contribution >= 4 is 34.5 Å². The van der Waals surface area contributed by atoms with E-state index in [-0.39, 0.29) is 5.28 Å². The maximum Gasteiger partial charge on any atom is 0.237 e. The monoisotopic (exact) mass is 274 g/mol. The average Bonchev–Trinajstić information content (AvgIpc) is 2.76. The Morgan fingerprint density at radius 3 is 3.00 bits per heavy atom. The molecule has 2 aromatic rings. The molecule has 0 atom stereocenters. The number of hydrogen-bond donors (Lipinski definition) is 0. The molecule has 16 heavy (non-hydrogen) atoms. The van der Waals surface area contributed by atoms with Crippen molar-refractivity contribution in [3.8, 4) is 5.88 Å². The van der Waals surface area contributed by atoms with Crippen LogP contribution in [0.15, 0.2) is 23.7 Å². The third-order valence-electron chi connectivity index (χ3n) is 1.85. The van der Waals surface area contributed by atoms with Gasteiger partial charge in [0.15, 0.2) is 0 Å². The normalized spacial score (nSPS) is 10.4. The lowest BCUT2D eigenvalue weighted by Gasteiger charge is -2.05. The first-order valence-corrected chi connectivity index (χ1v) is 6.22. The predicted octanol–water partition coefficient (Wildman–Crippen LogP) is 3.47. The second-order valence-corrected chi connectivity index (χ2v) is 4.75. The summed E-state index contributed by atoms with van der Waals surface area (Å²) in [4.78, 5) is 8.90. The molecule has 0 saturated carbocycles. The molecule has 0 aliphatic rings. The molecule has 0 fully saturated rings. The van der Waals surface area contributed by atoms with E-state index in [1.165, 1.54) is 11.1 Å². The fourth-order valence-corrected chi connectivity index (χ4v) is 2.10. The van der Waals surface area contributed by atoms with Crippen molar-refractivity contribution < 1.29 is 4.74 Å². The molecule has 3 nitrogen and oxygen atoms in total. The molecule has 0 bridgehead atoms. The molecular weight excluding hydrogens is 267 g/mol. The van der Waals surface area contributed by atoms with Crippen molar-refractivity contribution in [2.75, 3.05) is 6.61 Å². The van der Waals surface area contributed by atoms with Gasteiger partial charge in [0.2, 0.25) is 11.2 Å². The van der Waals surface area contributed by atoms with Crippen LogP contribution in [0.1, 0.15) is 4.88 Å². The average molecular weight is 275 g/mol. The molecule has 0 aliphatic heterocycles. The summed E-state index contributed by atoms with van der Waals surface area (Å²) in [7, 11) is 0. The molecule has 0 unspecified atom stereocenters. The van der Waals surface area contributed by atoms with Crippen LogP contribution in [0.5, 0.6) is 5.88 Å². The minimum Gasteiger partial charge on any atom is -0.476 e. The molecule has 0 spiro atoms. The Balaban J connectivity index is 1.92. The van der Waals surface area contributed by atoms with E-state index in [1.807, 2.05) is 11.4 Å². The highest BCUT2D eigenvalue weighted by molar-refractivity contribution is 7.09. The maximum atomic E-state index is 5.85. The van der Waals surface area contributed by atoms with Crippen molar-refractivity contribution in [1.82, 2.24) is 9.97 Å². The molecule has 0 saturated heterocycles. The summed E-state index contributed by atoms with van der Waals surface area (Å²) >= 11 is 13.2. The highest BCUT2D eigenvalue weighted by Gasteiger charge is 2.05. The van der Waals surface area contributed by atoms with Gasteiger partial charge in [-0.05, 0) is 23.0 Å². The van der Waals surface area contributed by atoms with Gasteiger partial charge in [-0.2, -0.15) is 4.98 Å². The van der Waals surface area contributed by atoms with Crippen LogP contribution in [-0.2, 0) is 6.42 Å². The van der Waals surface area contributed by atoms with Gasteiger partial charge in [-0.3, -0.25) is 0 Å². The van der Waals surface area contributed by atoms with Crippen LogP contribution in [0, 0.1) is 0 Å². The Labute approximate surface area is 107 Å². The lowest BCUT2D eigenvalue weighted by atomic mass is 10.4. The van der Waals surface area contributed by atoms with Gasteiger partial charge in [-0.15, -0.1) is 11.3 Å². The molecule has 84 valence electrons. The first kappa shape index (κ1) is 11.6. The number of thiophene rings is 1. The SMILES string of the molecule is Clc1ncc(Cl)c(OCCc2cccs2)n1. The standard InChI is InChI=1S/C10H8Cl2N2OS/c11-8-6-13-10(12)14-9(8)15-4-3-7-2-1-5-16-7/h1-2,5-6H,3-4H2. The van der Waals surface area contributed by atoms with Gasteiger partial charge < -0.3 is 4.74 Å². The summed E-state index contributed by atoms with van der Waals surface area (Å²) in [6.07, 6.45) is 2.26. The molecule has 2 rings (SSSR count). The van der Waals surface area contributed by atoms with Crippen molar-refractivity contribution in [2.24, 2.45) is 0 Å². The molecule has 0 radical (unpaired) electrons. The van der Waals surface area contributed by atoms with Gasteiger partial charge >= 0.3 is 0 Å². The Kier molecular flexibility index (Phi) is 3.98. The van der Waals surface area contributed by atoms with Crippen LogP contribution >= 0.6 is 34.5 Å². The second-order valence-electron chi connectivity index (χ2n) is 2.97. The van der Waals surface area contributed by atoms with Crippen molar-refractivity contribution in [2.45, 2.75) is 6.42 Å². The van der Waals surface area contributed by atoms with Gasteiger partial charge in [0.25, 0.3) is 0 Å². The third kappa shape index (κ3) is 3.07. The summed E-state index contributed by atoms with van der Waals surface area (Å²) in [5, 5.41) is 2.54. The topological polar surface area (TPSA) is 35.0 Å². The van der Waals surface area contributed by atoms with Crippen LogP contribution < -0.4 is 4.74 Å². The molecule has 0 amide bonds.